The van der Waals surface area contributed by atoms with Crippen LogP contribution in [0.15, 0.2) is 6.20 Å². The maximum Gasteiger partial charge on any atom is 0.443 e. The molecule has 0 spiro atoms. The van der Waals surface area contributed by atoms with E-state index in [0.717, 1.165) is 17.9 Å². The monoisotopic (exact) mass is 280 g/mol. The third-order valence-corrected chi connectivity index (χ3v) is 3.39. The second-order valence-corrected chi connectivity index (χ2v) is 6.68. The quantitative estimate of drug-likeness (QED) is 0.909. The van der Waals surface area contributed by atoms with Crippen LogP contribution in [0.5, 0.6) is 0 Å². The molecular formula is C12H19F3N2S. The molecule has 0 amide bonds. The molecule has 0 aliphatic rings. The zero-order valence-corrected chi connectivity index (χ0v) is 11.9. The van der Waals surface area contributed by atoms with Crippen molar-refractivity contribution >= 4 is 11.3 Å². The Morgan fingerprint density at radius 2 is 1.94 bits per heavy atom. The van der Waals surface area contributed by atoms with Gasteiger partial charge in [-0.05, 0) is 39.7 Å². The van der Waals surface area contributed by atoms with Crippen LogP contribution in [0.1, 0.15) is 37.6 Å². The summed E-state index contributed by atoms with van der Waals surface area (Å²) in [5.41, 5.74) is 0.0269. The van der Waals surface area contributed by atoms with E-state index in [9.17, 15) is 13.2 Å². The Balaban J connectivity index is 2.50. The summed E-state index contributed by atoms with van der Waals surface area (Å²) in [6.45, 7) is 8.99. The van der Waals surface area contributed by atoms with Gasteiger partial charge in [-0.2, -0.15) is 13.2 Å². The van der Waals surface area contributed by atoms with Crippen molar-refractivity contribution in [3.63, 3.8) is 0 Å². The number of hydrogen-bond donors (Lipinski definition) is 1. The molecule has 2 nitrogen and oxygen atoms in total. The molecule has 1 N–H and O–H groups in total. The Morgan fingerprint density at radius 3 is 2.39 bits per heavy atom. The van der Waals surface area contributed by atoms with Gasteiger partial charge in [0, 0.05) is 16.6 Å². The fourth-order valence-corrected chi connectivity index (χ4v) is 2.37. The van der Waals surface area contributed by atoms with Crippen molar-refractivity contribution in [3.8, 4) is 0 Å². The fraction of sp³-hybridized carbons (Fsp3) is 0.750. The molecule has 0 fully saturated rings. The van der Waals surface area contributed by atoms with Gasteiger partial charge >= 0.3 is 6.18 Å². The first-order chi connectivity index (χ1) is 8.08. The minimum atomic E-state index is -4.32. The van der Waals surface area contributed by atoms with Gasteiger partial charge in [0.05, 0.1) is 0 Å². The summed E-state index contributed by atoms with van der Waals surface area (Å²) in [7, 11) is 0. The van der Waals surface area contributed by atoms with Crippen LogP contribution >= 0.6 is 11.3 Å². The van der Waals surface area contributed by atoms with Crippen molar-refractivity contribution in [1.29, 1.82) is 0 Å². The molecule has 0 saturated carbocycles. The van der Waals surface area contributed by atoms with Crippen LogP contribution < -0.4 is 5.32 Å². The molecule has 18 heavy (non-hydrogen) atoms. The number of halogens is 3. The summed E-state index contributed by atoms with van der Waals surface area (Å²) >= 11 is 0.738. The molecule has 0 aliphatic carbocycles. The zero-order chi connectivity index (χ0) is 14.0. The van der Waals surface area contributed by atoms with E-state index in [0.29, 0.717) is 11.3 Å². The van der Waals surface area contributed by atoms with E-state index in [4.69, 9.17) is 0 Å². The highest BCUT2D eigenvalue weighted by Crippen LogP contribution is 2.33. The SMILES string of the molecule is CC(CNC(C)(C)C)Cc1cnc(C(F)(F)F)s1. The Hall–Kier alpha value is -0.620. The molecule has 1 rings (SSSR count). The van der Waals surface area contributed by atoms with Gasteiger partial charge in [0.15, 0.2) is 5.01 Å². The van der Waals surface area contributed by atoms with E-state index < -0.39 is 11.2 Å². The topological polar surface area (TPSA) is 24.9 Å². The van der Waals surface area contributed by atoms with Gasteiger partial charge in [0.1, 0.15) is 0 Å². The van der Waals surface area contributed by atoms with E-state index >= 15 is 0 Å². The first-order valence-electron chi connectivity index (χ1n) is 5.85. The van der Waals surface area contributed by atoms with Gasteiger partial charge < -0.3 is 5.32 Å². The van der Waals surface area contributed by atoms with Crippen molar-refractivity contribution < 1.29 is 13.2 Å². The normalized spacial score (nSPS) is 14.8. The Labute approximate surface area is 110 Å². The Kier molecular flexibility index (Phi) is 4.78. The molecule has 104 valence electrons. The van der Waals surface area contributed by atoms with Crippen LogP contribution in [0.25, 0.3) is 0 Å². The number of nitrogens with one attached hydrogen (secondary N) is 1. The number of thiazole rings is 1. The largest absolute Gasteiger partial charge is 0.443 e. The van der Waals surface area contributed by atoms with Gasteiger partial charge in [0.2, 0.25) is 0 Å². The highest BCUT2D eigenvalue weighted by molar-refractivity contribution is 7.11. The number of hydrogen-bond acceptors (Lipinski definition) is 3. The number of nitrogens with zero attached hydrogens (tertiary/aromatic N) is 1. The molecule has 1 unspecified atom stereocenters. The van der Waals surface area contributed by atoms with Crippen molar-refractivity contribution in [2.75, 3.05) is 6.54 Å². The number of alkyl halides is 3. The lowest BCUT2D eigenvalue weighted by Crippen LogP contribution is -2.38. The van der Waals surface area contributed by atoms with E-state index in [1.165, 1.54) is 6.20 Å². The third kappa shape index (κ3) is 5.35. The Bertz CT molecular complexity index is 379. The average molecular weight is 280 g/mol. The van der Waals surface area contributed by atoms with Crippen molar-refractivity contribution in [3.05, 3.63) is 16.1 Å². The second kappa shape index (κ2) is 5.57. The summed E-state index contributed by atoms with van der Waals surface area (Å²) in [5.74, 6) is 0.283. The predicted octanol–water partition coefficient (Wildman–Crippen LogP) is 3.73. The van der Waals surface area contributed by atoms with E-state index in [2.05, 4.69) is 31.1 Å². The lowest BCUT2D eigenvalue weighted by atomic mass is 10.0. The molecule has 1 heterocycles. The van der Waals surface area contributed by atoms with Crippen LogP contribution in [0.4, 0.5) is 13.2 Å². The minimum absolute atomic E-state index is 0.0269. The maximum atomic E-state index is 12.4. The molecule has 6 heteroatoms. The lowest BCUT2D eigenvalue weighted by Gasteiger charge is -2.23. The van der Waals surface area contributed by atoms with Gasteiger partial charge in [-0.25, -0.2) is 4.98 Å². The summed E-state index contributed by atoms with van der Waals surface area (Å²) in [5, 5.41) is 2.58. The van der Waals surface area contributed by atoms with Crippen LogP contribution in [-0.2, 0) is 12.6 Å². The molecule has 0 aliphatic heterocycles. The predicted molar refractivity (Wildman–Crippen MR) is 67.7 cm³/mol. The third-order valence-electron chi connectivity index (χ3n) is 2.33. The first kappa shape index (κ1) is 15.4. The zero-order valence-electron chi connectivity index (χ0n) is 11.1. The summed E-state index contributed by atoms with van der Waals surface area (Å²) in [6, 6.07) is 0. The summed E-state index contributed by atoms with van der Waals surface area (Å²) < 4.78 is 37.1. The van der Waals surface area contributed by atoms with Crippen molar-refractivity contribution in [1.82, 2.24) is 10.3 Å². The molecule has 1 aromatic rings. The van der Waals surface area contributed by atoms with Crippen molar-refractivity contribution in [2.24, 2.45) is 5.92 Å². The minimum Gasteiger partial charge on any atom is -0.312 e. The molecular weight excluding hydrogens is 261 g/mol. The van der Waals surface area contributed by atoms with E-state index in [1.54, 1.807) is 0 Å². The molecule has 0 radical (unpaired) electrons. The van der Waals surface area contributed by atoms with E-state index in [1.807, 2.05) is 6.92 Å². The maximum absolute atomic E-state index is 12.4. The smallest absolute Gasteiger partial charge is 0.312 e. The van der Waals surface area contributed by atoms with Gasteiger partial charge in [-0.1, -0.05) is 6.92 Å². The highest BCUT2D eigenvalue weighted by atomic mass is 32.1. The molecule has 0 saturated heterocycles. The number of rotatable bonds is 4. The van der Waals surface area contributed by atoms with Crippen LogP contribution in [0.3, 0.4) is 0 Å². The summed E-state index contributed by atoms with van der Waals surface area (Å²) in [4.78, 5) is 4.11. The molecule has 0 aromatic carbocycles. The average Bonchev–Trinajstić information content (AvgIpc) is 2.61. The fourth-order valence-electron chi connectivity index (χ4n) is 1.43. The lowest BCUT2D eigenvalue weighted by molar-refractivity contribution is -0.137. The molecule has 1 aromatic heterocycles. The number of aromatic nitrogens is 1. The highest BCUT2D eigenvalue weighted by Gasteiger charge is 2.34. The molecule has 1 atom stereocenters. The van der Waals surface area contributed by atoms with Crippen molar-refractivity contribution in [2.45, 2.75) is 45.8 Å². The second-order valence-electron chi connectivity index (χ2n) is 5.57. The summed E-state index contributed by atoms with van der Waals surface area (Å²) in [6.07, 6.45) is -2.37. The Morgan fingerprint density at radius 1 is 1.33 bits per heavy atom. The molecule has 0 bridgehead atoms. The van der Waals surface area contributed by atoms with Gasteiger partial charge in [-0.15, -0.1) is 11.3 Å². The van der Waals surface area contributed by atoms with Crippen LogP contribution in [0, 0.1) is 5.92 Å². The van der Waals surface area contributed by atoms with Gasteiger partial charge in [0.25, 0.3) is 0 Å². The first-order valence-corrected chi connectivity index (χ1v) is 6.66. The van der Waals surface area contributed by atoms with Crippen LogP contribution in [-0.4, -0.2) is 17.1 Å². The standard InChI is InChI=1S/C12H19F3N2S/c1-8(6-17-11(2,3)4)5-9-7-16-10(18-9)12(13,14)15/h7-8,17H,5-6H2,1-4H3. The van der Waals surface area contributed by atoms with Crippen LogP contribution in [0.2, 0.25) is 0 Å². The van der Waals surface area contributed by atoms with E-state index in [-0.39, 0.29) is 11.5 Å². The van der Waals surface area contributed by atoms with Gasteiger partial charge in [-0.3, -0.25) is 0 Å².